The van der Waals surface area contributed by atoms with Crippen molar-refractivity contribution in [3.8, 4) is 11.6 Å². The van der Waals surface area contributed by atoms with Gasteiger partial charge in [-0.05, 0) is 12.1 Å². The number of ether oxygens (including phenoxy) is 2. The van der Waals surface area contributed by atoms with Crippen LogP contribution in [0.5, 0.6) is 11.6 Å². The highest BCUT2D eigenvalue weighted by Gasteiger charge is 2.25. The standard InChI is InChI=1S/C17H18N4O3/c22-12-20-5-3-14(11-20)24-17-8-15-16(10-19-17)23-7-6-21(15)13-2-1-4-18-9-13/h1-2,4,8-10,12,14H,3,5-7,11H2. The SMILES string of the molecule is O=CN1CCC(Oc2cc3c(cn2)OCCN3c2cccnc2)C1. The average molecular weight is 326 g/mol. The largest absolute Gasteiger partial charge is 0.488 e. The van der Waals surface area contributed by atoms with Gasteiger partial charge in [0.15, 0.2) is 5.75 Å². The molecular weight excluding hydrogens is 308 g/mol. The third-order valence-electron chi connectivity index (χ3n) is 4.26. The summed E-state index contributed by atoms with van der Waals surface area (Å²) in [6, 6.07) is 5.82. The number of pyridine rings is 2. The van der Waals surface area contributed by atoms with Gasteiger partial charge in [0.2, 0.25) is 12.3 Å². The van der Waals surface area contributed by atoms with Crippen molar-refractivity contribution in [3.05, 3.63) is 36.8 Å². The molecule has 7 heteroatoms. The molecule has 2 aromatic rings. The molecule has 4 rings (SSSR count). The maximum atomic E-state index is 10.8. The summed E-state index contributed by atoms with van der Waals surface area (Å²) in [5.74, 6) is 1.28. The molecule has 0 aromatic carbocycles. The fraction of sp³-hybridized carbons (Fsp3) is 0.353. The molecule has 24 heavy (non-hydrogen) atoms. The van der Waals surface area contributed by atoms with Crippen LogP contribution in [-0.2, 0) is 4.79 Å². The fourth-order valence-corrected chi connectivity index (χ4v) is 3.07. The highest BCUT2D eigenvalue weighted by molar-refractivity contribution is 5.70. The molecule has 7 nitrogen and oxygen atoms in total. The Morgan fingerprint density at radius 1 is 1.33 bits per heavy atom. The Hall–Kier alpha value is -2.83. The molecule has 0 radical (unpaired) electrons. The first-order valence-electron chi connectivity index (χ1n) is 8.00. The Balaban J connectivity index is 1.58. The molecule has 1 saturated heterocycles. The van der Waals surface area contributed by atoms with Crippen LogP contribution in [0.25, 0.3) is 0 Å². The maximum Gasteiger partial charge on any atom is 0.215 e. The lowest BCUT2D eigenvalue weighted by atomic mass is 10.2. The monoisotopic (exact) mass is 326 g/mol. The molecule has 1 unspecified atom stereocenters. The highest BCUT2D eigenvalue weighted by Crippen LogP contribution is 2.37. The molecule has 1 amide bonds. The van der Waals surface area contributed by atoms with E-state index < -0.39 is 0 Å². The molecule has 124 valence electrons. The molecule has 2 aliphatic rings. The zero-order chi connectivity index (χ0) is 16.4. The molecule has 0 spiro atoms. The van der Waals surface area contributed by atoms with E-state index in [1.807, 2.05) is 24.4 Å². The summed E-state index contributed by atoms with van der Waals surface area (Å²) in [6.45, 7) is 2.67. The quantitative estimate of drug-likeness (QED) is 0.795. The number of likely N-dealkylation sites (tertiary alicyclic amines) is 1. The van der Waals surface area contributed by atoms with Crippen molar-refractivity contribution in [2.24, 2.45) is 0 Å². The van der Waals surface area contributed by atoms with Crippen molar-refractivity contribution in [3.63, 3.8) is 0 Å². The van der Waals surface area contributed by atoms with Crippen molar-refractivity contribution < 1.29 is 14.3 Å². The molecule has 4 heterocycles. The van der Waals surface area contributed by atoms with Gasteiger partial charge in [-0.2, -0.15) is 0 Å². The number of carbonyl (C=O) groups is 1. The molecule has 0 N–H and O–H groups in total. The zero-order valence-electron chi connectivity index (χ0n) is 13.2. The number of anilines is 2. The van der Waals surface area contributed by atoms with E-state index in [0.717, 1.165) is 43.0 Å². The van der Waals surface area contributed by atoms with Gasteiger partial charge in [0.05, 0.1) is 36.9 Å². The first kappa shape index (κ1) is 14.7. The van der Waals surface area contributed by atoms with Crippen LogP contribution in [-0.4, -0.2) is 53.6 Å². The lowest BCUT2D eigenvalue weighted by Crippen LogP contribution is -2.29. The highest BCUT2D eigenvalue weighted by atomic mass is 16.5. The van der Waals surface area contributed by atoms with Gasteiger partial charge in [-0.1, -0.05) is 0 Å². The summed E-state index contributed by atoms with van der Waals surface area (Å²) in [5.41, 5.74) is 1.93. The number of aromatic nitrogens is 2. The number of nitrogens with zero attached hydrogens (tertiary/aromatic N) is 4. The molecule has 2 aromatic heterocycles. The van der Waals surface area contributed by atoms with Gasteiger partial charge >= 0.3 is 0 Å². The van der Waals surface area contributed by atoms with Crippen molar-refractivity contribution in [2.45, 2.75) is 12.5 Å². The van der Waals surface area contributed by atoms with E-state index in [4.69, 9.17) is 9.47 Å². The van der Waals surface area contributed by atoms with Gasteiger partial charge in [-0.25, -0.2) is 4.98 Å². The molecule has 2 aliphatic heterocycles. The second-order valence-electron chi connectivity index (χ2n) is 5.83. The van der Waals surface area contributed by atoms with Crippen LogP contribution in [0.15, 0.2) is 36.8 Å². The predicted octanol–water partition coefficient (Wildman–Crippen LogP) is 1.62. The maximum absolute atomic E-state index is 10.8. The van der Waals surface area contributed by atoms with Crippen LogP contribution in [0.4, 0.5) is 11.4 Å². The predicted molar refractivity (Wildman–Crippen MR) is 87.6 cm³/mol. The first-order valence-corrected chi connectivity index (χ1v) is 8.00. The van der Waals surface area contributed by atoms with Gasteiger partial charge in [0.1, 0.15) is 12.7 Å². The second kappa shape index (κ2) is 6.35. The zero-order valence-corrected chi connectivity index (χ0v) is 13.2. The summed E-state index contributed by atoms with van der Waals surface area (Å²) in [5, 5.41) is 0. The van der Waals surface area contributed by atoms with Gasteiger partial charge in [0.25, 0.3) is 0 Å². The molecule has 0 saturated carbocycles. The van der Waals surface area contributed by atoms with E-state index >= 15 is 0 Å². The van der Waals surface area contributed by atoms with Crippen LogP contribution >= 0.6 is 0 Å². The lowest BCUT2D eigenvalue weighted by Gasteiger charge is -2.31. The van der Waals surface area contributed by atoms with Gasteiger partial charge in [-0.15, -0.1) is 0 Å². The number of hydrogen-bond acceptors (Lipinski definition) is 6. The molecule has 0 aliphatic carbocycles. The number of hydrogen-bond donors (Lipinski definition) is 0. The summed E-state index contributed by atoms with van der Waals surface area (Å²) in [6.07, 6.45) is 6.94. The Morgan fingerprint density at radius 2 is 2.29 bits per heavy atom. The van der Waals surface area contributed by atoms with Crippen molar-refractivity contribution in [2.75, 3.05) is 31.1 Å². The van der Waals surface area contributed by atoms with Gasteiger partial charge < -0.3 is 19.3 Å². The van der Waals surface area contributed by atoms with Crippen LogP contribution in [0, 0.1) is 0 Å². The third kappa shape index (κ3) is 2.84. The minimum absolute atomic E-state index is 0.0166. The summed E-state index contributed by atoms with van der Waals surface area (Å²) < 4.78 is 11.6. The Bertz CT molecular complexity index is 725. The number of fused-ring (bicyclic) bond motifs is 1. The van der Waals surface area contributed by atoms with Crippen LogP contribution in [0.1, 0.15) is 6.42 Å². The van der Waals surface area contributed by atoms with Gasteiger partial charge in [0, 0.05) is 25.2 Å². The Kier molecular flexibility index (Phi) is 3.90. The average Bonchev–Trinajstić information content (AvgIpc) is 3.09. The van der Waals surface area contributed by atoms with Gasteiger partial charge in [-0.3, -0.25) is 9.78 Å². The second-order valence-corrected chi connectivity index (χ2v) is 5.83. The van der Waals surface area contributed by atoms with Crippen LogP contribution in [0.2, 0.25) is 0 Å². The van der Waals surface area contributed by atoms with Crippen molar-refractivity contribution >= 4 is 17.8 Å². The summed E-state index contributed by atoms with van der Waals surface area (Å²) in [4.78, 5) is 23.2. The third-order valence-corrected chi connectivity index (χ3v) is 4.26. The van der Waals surface area contributed by atoms with Crippen LogP contribution < -0.4 is 14.4 Å². The lowest BCUT2D eigenvalue weighted by molar-refractivity contribution is -0.117. The summed E-state index contributed by atoms with van der Waals surface area (Å²) in [7, 11) is 0. The van der Waals surface area contributed by atoms with Crippen molar-refractivity contribution in [1.29, 1.82) is 0 Å². The van der Waals surface area contributed by atoms with Crippen molar-refractivity contribution in [1.82, 2.24) is 14.9 Å². The number of carbonyl (C=O) groups excluding carboxylic acids is 1. The van der Waals surface area contributed by atoms with E-state index in [1.165, 1.54) is 0 Å². The summed E-state index contributed by atoms with van der Waals surface area (Å²) >= 11 is 0. The fourth-order valence-electron chi connectivity index (χ4n) is 3.07. The smallest absolute Gasteiger partial charge is 0.215 e. The molecule has 1 fully saturated rings. The number of rotatable bonds is 4. The molecular formula is C17H18N4O3. The number of amides is 1. The van der Waals surface area contributed by atoms with Crippen LogP contribution in [0.3, 0.4) is 0 Å². The Morgan fingerprint density at radius 3 is 3.08 bits per heavy atom. The van der Waals surface area contributed by atoms with E-state index in [9.17, 15) is 4.79 Å². The first-order chi connectivity index (χ1) is 11.8. The Labute approximate surface area is 139 Å². The van der Waals surface area contributed by atoms with E-state index in [1.54, 1.807) is 17.3 Å². The minimum atomic E-state index is -0.0166. The van der Waals surface area contributed by atoms with E-state index in [2.05, 4.69) is 14.9 Å². The minimum Gasteiger partial charge on any atom is -0.488 e. The normalized spacial score (nSPS) is 19.6. The molecule has 0 bridgehead atoms. The van der Waals surface area contributed by atoms with E-state index in [-0.39, 0.29) is 6.10 Å². The van der Waals surface area contributed by atoms with E-state index in [0.29, 0.717) is 19.0 Å². The molecule has 1 atom stereocenters. The topological polar surface area (TPSA) is 67.8 Å².